The van der Waals surface area contributed by atoms with Crippen molar-refractivity contribution >= 4 is 0 Å². The van der Waals surface area contributed by atoms with E-state index >= 15 is 0 Å². The quantitative estimate of drug-likeness (QED) is 0.885. The van der Waals surface area contributed by atoms with Crippen LogP contribution in [-0.4, -0.2) is 31.9 Å². The Kier molecular flexibility index (Phi) is 5.16. The van der Waals surface area contributed by atoms with E-state index in [9.17, 15) is 0 Å². The molecule has 2 rings (SSSR count). The van der Waals surface area contributed by atoms with Crippen molar-refractivity contribution in [3.63, 3.8) is 0 Å². The van der Waals surface area contributed by atoms with Crippen molar-refractivity contribution < 1.29 is 9.47 Å². The molecule has 1 saturated heterocycles. The maximum atomic E-state index is 5.98. The molecule has 0 unspecified atom stereocenters. The minimum absolute atomic E-state index is 0.596. The molecule has 2 heterocycles. The highest BCUT2D eigenvalue weighted by Gasteiger charge is 2.16. The molecule has 0 saturated carbocycles. The molecule has 0 atom stereocenters. The molecule has 4 nitrogen and oxygen atoms in total. The van der Waals surface area contributed by atoms with Crippen molar-refractivity contribution in [2.24, 2.45) is 5.92 Å². The van der Waals surface area contributed by atoms with Crippen molar-refractivity contribution in [1.82, 2.24) is 10.3 Å². The normalized spacial score (nSPS) is 16.6. The largest absolute Gasteiger partial charge is 0.477 e. The Morgan fingerprint density at radius 2 is 2.11 bits per heavy atom. The maximum Gasteiger partial charge on any atom is 0.218 e. The molecule has 1 aromatic rings. The summed E-state index contributed by atoms with van der Waals surface area (Å²) >= 11 is 0. The summed E-state index contributed by atoms with van der Waals surface area (Å²) in [5.74, 6) is 1.39. The van der Waals surface area contributed by atoms with Gasteiger partial charge in [-0.3, -0.25) is 0 Å². The first-order valence-corrected chi connectivity index (χ1v) is 7.03. The lowest BCUT2D eigenvalue weighted by Gasteiger charge is -2.23. The summed E-state index contributed by atoms with van der Waals surface area (Å²) in [6.07, 6.45) is 2.18. The summed E-state index contributed by atoms with van der Waals surface area (Å²) in [5.41, 5.74) is 3.42. The van der Waals surface area contributed by atoms with Crippen molar-refractivity contribution in [3.05, 3.63) is 22.9 Å². The molecule has 4 heteroatoms. The zero-order valence-electron chi connectivity index (χ0n) is 12.2. The lowest BCUT2D eigenvalue weighted by atomic mass is 10.0. The summed E-state index contributed by atoms with van der Waals surface area (Å²) in [4.78, 5) is 4.54. The Morgan fingerprint density at radius 3 is 2.79 bits per heavy atom. The minimum atomic E-state index is 0.596. The molecule has 1 aromatic heterocycles. The minimum Gasteiger partial charge on any atom is -0.477 e. The van der Waals surface area contributed by atoms with Gasteiger partial charge in [0.05, 0.1) is 6.61 Å². The average molecular weight is 264 g/mol. The Balaban J connectivity index is 2.04. The van der Waals surface area contributed by atoms with Gasteiger partial charge < -0.3 is 14.8 Å². The molecule has 0 amide bonds. The zero-order chi connectivity index (χ0) is 13.7. The van der Waals surface area contributed by atoms with Crippen molar-refractivity contribution in [2.75, 3.05) is 26.9 Å². The van der Waals surface area contributed by atoms with Crippen LogP contribution in [0.2, 0.25) is 0 Å². The second kappa shape index (κ2) is 6.87. The molecule has 1 aliphatic heterocycles. The fourth-order valence-corrected chi connectivity index (χ4v) is 2.45. The van der Waals surface area contributed by atoms with E-state index in [-0.39, 0.29) is 0 Å². The zero-order valence-corrected chi connectivity index (χ0v) is 12.2. The van der Waals surface area contributed by atoms with Crippen LogP contribution in [0.1, 0.15) is 29.7 Å². The molecule has 106 valence electrons. The lowest BCUT2D eigenvalue weighted by Crippen LogP contribution is -2.22. The number of pyridine rings is 1. The number of nitrogens with one attached hydrogen (secondary N) is 1. The number of rotatable bonds is 5. The SMILES string of the molecule is CNCc1c(C)cc(C)nc1OCC1CCOCC1. The predicted molar refractivity (Wildman–Crippen MR) is 75.5 cm³/mol. The Labute approximate surface area is 115 Å². The number of aromatic nitrogens is 1. The Hall–Kier alpha value is -1.13. The molecule has 19 heavy (non-hydrogen) atoms. The Morgan fingerprint density at radius 1 is 1.37 bits per heavy atom. The van der Waals surface area contributed by atoms with Crippen LogP contribution >= 0.6 is 0 Å². The van der Waals surface area contributed by atoms with Crippen molar-refractivity contribution in [3.8, 4) is 5.88 Å². The van der Waals surface area contributed by atoms with Gasteiger partial charge in [0.1, 0.15) is 0 Å². The van der Waals surface area contributed by atoms with Gasteiger partial charge in [0, 0.05) is 31.0 Å². The van der Waals surface area contributed by atoms with E-state index in [4.69, 9.17) is 9.47 Å². The van der Waals surface area contributed by atoms with Crippen LogP contribution < -0.4 is 10.1 Å². The number of hydrogen-bond donors (Lipinski definition) is 1. The van der Waals surface area contributed by atoms with Crippen LogP contribution in [0.3, 0.4) is 0 Å². The molecule has 0 radical (unpaired) electrons. The van der Waals surface area contributed by atoms with Gasteiger partial charge in [-0.25, -0.2) is 4.98 Å². The monoisotopic (exact) mass is 264 g/mol. The van der Waals surface area contributed by atoms with E-state index < -0.39 is 0 Å². The second-order valence-electron chi connectivity index (χ2n) is 5.26. The smallest absolute Gasteiger partial charge is 0.218 e. The van der Waals surface area contributed by atoms with E-state index in [2.05, 4.69) is 23.3 Å². The van der Waals surface area contributed by atoms with Gasteiger partial charge >= 0.3 is 0 Å². The number of ether oxygens (including phenoxy) is 2. The third kappa shape index (κ3) is 3.91. The van der Waals surface area contributed by atoms with Crippen LogP contribution in [0.25, 0.3) is 0 Å². The second-order valence-corrected chi connectivity index (χ2v) is 5.26. The summed E-state index contributed by atoms with van der Waals surface area (Å²) in [6, 6.07) is 2.11. The van der Waals surface area contributed by atoms with Gasteiger partial charge in [0.2, 0.25) is 5.88 Å². The van der Waals surface area contributed by atoms with Gasteiger partial charge in [-0.1, -0.05) is 0 Å². The molecule has 1 fully saturated rings. The highest BCUT2D eigenvalue weighted by Crippen LogP contribution is 2.23. The number of aryl methyl sites for hydroxylation is 2. The topological polar surface area (TPSA) is 43.4 Å². The van der Waals surface area contributed by atoms with Crippen LogP contribution in [0.15, 0.2) is 6.07 Å². The van der Waals surface area contributed by atoms with E-state index in [0.29, 0.717) is 5.92 Å². The highest BCUT2D eigenvalue weighted by atomic mass is 16.5. The predicted octanol–water partition coefficient (Wildman–Crippen LogP) is 2.22. The third-order valence-corrected chi connectivity index (χ3v) is 3.59. The molecule has 1 aliphatic rings. The van der Waals surface area contributed by atoms with Crippen molar-refractivity contribution in [1.29, 1.82) is 0 Å². The van der Waals surface area contributed by atoms with E-state index in [0.717, 1.165) is 50.8 Å². The standard InChI is InChI=1S/C15H24N2O2/c1-11-8-12(2)17-15(14(11)9-16-3)19-10-13-4-6-18-7-5-13/h8,13,16H,4-7,9-10H2,1-3H3. The molecule has 1 N–H and O–H groups in total. The van der Waals surface area contributed by atoms with E-state index in [1.165, 1.54) is 11.1 Å². The molecule has 0 aromatic carbocycles. The third-order valence-electron chi connectivity index (χ3n) is 3.59. The summed E-state index contributed by atoms with van der Waals surface area (Å²) in [6.45, 7) is 7.38. The van der Waals surface area contributed by atoms with Crippen LogP contribution in [-0.2, 0) is 11.3 Å². The van der Waals surface area contributed by atoms with Gasteiger partial charge in [-0.2, -0.15) is 0 Å². The number of hydrogen-bond acceptors (Lipinski definition) is 4. The molecule has 0 bridgehead atoms. The fourth-order valence-electron chi connectivity index (χ4n) is 2.45. The summed E-state index contributed by atoms with van der Waals surface area (Å²) in [5, 5.41) is 3.18. The van der Waals surface area contributed by atoms with Gasteiger partial charge in [0.15, 0.2) is 0 Å². The maximum absolute atomic E-state index is 5.98. The molecule has 0 spiro atoms. The highest BCUT2D eigenvalue weighted by molar-refractivity contribution is 5.35. The van der Waals surface area contributed by atoms with Crippen LogP contribution in [0.5, 0.6) is 5.88 Å². The van der Waals surface area contributed by atoms with Crippen LogP contribution in [0, 0.1) is 19.8 Å². The van der Waals surface area contributed by atoms with Crippen molar-refractivity contribution in [2.45, 2.75) is 33.2 Å². The first kappa shape index (κ1) is 14.3. The molecule has 0 aliphatic carbocycles. The van der Waals surface area contributed by atoms with Gasteiger partial charge in [-0.05, 0) is 51.3 Å². The first-order valence-electron chi connectivity index (χ1n) is 7.03. The van der Waals surface area contributed by atoms with Gasteiger partial charge in [-0.15, -0.1) is 0 Å². The first-order chi connectivity index (χ1) is 9.20. The average Bonchev–Trinajstić information content (AvgIpc) is 2.41. The lowest BCUT2D eigenvalue weighted by molar-refractivity contribution is 0.0488. The molecular formula is C15H24N2O2. The fraction of sp³-hybridized carbons (Fsp3) is 0.667. The van der Waals surface area contributed by atoms with Gasteiger partial charge in [0.25, 0.3) is 0 Å². The number of nitrogens with zero attached hydrogens (tertiary/aromatic N) is 1. The molecular weight excluding hydrogens is 240 g/mol. The van der Waals surface area contributed by atoms with E-state index in [1.807, 2.05) is 14.0 Å². The Bertz CT molecular complexity index is 415. The summed E-state index contributed by atoms with van der Waals surface area (Å²) in [7, 11) is 1.95. The summed E-state index contributed by atoms with van der Waals surface area (Å²) < 4.78 is 11.4. The van der Waals surface area contributed by atoms with E-state index in [1.54, 1.807) is 0 Å². The van der Waals surface area contributed by atoms with Crippen LogP contribution in [0.4, 0.5) is 0 Å².